The molecule has 3 heteroatoms. The Labute approximate surface area is 76.3 Å². The highest BCUT2D eigenvalue weighted by Gasteiger charge is 2.13. The molecule has 0 radical (unpaired) electrons. The predicted molar refractivity (Wildman–Crippen MR) is 46.4 cm³/mol. The van der Waals surface area contributed by atoms with E-state index < -0.39 is 17.7 Å². The molecular weight excluding hydrogens is 174 g/mol. The van der Waals surface area contributed by atoms with Crippen molar-refractivity contribution in [3.8, 4) is 0 Å². The maximum Gasteiger partial charge on any atom is 0.164 e. The van der Waals surface area contributed by atoms with Gasteiger partial charge < -0.3 is 4.74 Å². The van der Waals surface area contributed by atoms with Crippen molar-refractivity contribution in [2.24, 2.45) is 0 Å². The van der Waals surface area contributed by atoms with Crippen molar-refractivity contribution >= 4 is 0 Å². The summed E-state index contributed by atoms with van der Waals surface area (Å²) in [7, 11) is 0. The minimum atomic E-state index is -0.830. The first kappa shape index (κ1) is 10.1. The normalized spacial score (nSPS) is 12.9. The highest BCUT2D eigenvalue weighted by molar-refractivity contribution is 5.20. The molecule has 1 aromatic rings. The van der Waals surface area contributed by atoms with Gasteiger partial charge in [-0.15, -0.1) is 0 Å². The monoisotopic (exact) mass is 186 g/mol. The third-order valence-electron chi connectivity index (χ3n) is 1.84. The van der Waals surface area contributed by atoms with Crippen LogP contribution in [0.4, 0.5) is 8.78 Å². The van der Waals surface area contributed by atoms with Gasteiger partial charge in [0.2, 0.25) is 0 Å². The molecule has 0 amide bonds. The van der Waals surface area contributed by atoms with E-state index in [2.05, 4.69) is 0 Å². The van der Waals surface area contributed by atoms with Crippen LogP contribution >= 0.6 is 0 Å². The van der Waals surface area contributed by atoms with Crippen LogP contribution in [0.3, 0.4) is 0 Å². The fraction of sp³-hybridized carbons (Fsp3) is 0.400. The van der Waals surface area contributed by atoms with Gasteiger partial charge in [-0.05, 0) is 19.9 Å². The molecular formula is C10H12F2O. The molecule has 0 heterocycles. The van der Waals surface area contributed by atoms with Crippen LogP contribution in [-0.4, -0.2) is 6.61 Å². The summed E-state index contributed by atoms with van der Waals surface area (Å²) in [6.45, 7) is 3.99. The summed E-state index contributed by atoms with van der Waals surface area (Å²) < 4.78 is 31.0. The van der Waals surface area contributed by atoms with Crippen molar-refractivity contribution in [3.63, 3.8) is 0 Å². The molecule has 0 aliphatic carbocycles. The molecule has 0 saturated heterocycles. The Kier molecular flexibility index (Phi) is 3.37. The second-order valence-corrected chi connectivity index (χ2v) is 2.74. The average Bonchev–Trinajstić information content (AvgIpc) is 2.10. The van der Waals surface area contributed by atoms with E-state index in [1.54, 1.807) is 6.92 Å². The summed E-state index contributed by atoms with van der Waals surface area (Å²) in [5.74, 6) is -1.65. The molecule has 13 heavy (non-hydrogen) atoms. The van der Waals surface area contributed by atoms with Gasteiger partial charge in [0, 0.05) is 12.2 Å². The zero-order valence-corrected chi connectivity index (χ0v) is 7.68. The van der Waals surface area contributed by atoms with Crippen LogP contribution in [0.2, 0.25) is 0 Å². The SMILES string of the molecule is CCOC(C)c1cccc(F)c1F. The maximum atomic E-state index is 13.1. The van der Waals surface area contributed by atoms with E-state index in [1.807, 2.05) is 6.92 Å². The predicted octanol–water partition coefficient (Wildman–Crippen LogP) is 3.06. The van der Waals surface area contributed by atoms with Crippen molar-refractivity contribution < 1.29 is 13.5 Å². The molecule has 0 bridgehead atoms. The summed E-state index contributed by atoms with van der Waals surface area (Å²) in [5.41, 5.74) is 0.266. The molecule has 0 aliphatic heterocycles. The summed E-state index contributed by atoms with van der Waals surface area (Å²) in [4.78, 5) is 0. The highest BCUT2D eigenvalue weighted by Crippen LogP contribution is 2.21. The largest absolute Gasteiger partial charge is 0.374 e. The summed E-state index contributed by atoms with van der Waals surface area (Å²) in [6.07, 6.45) is -0.402. The van der Waals surface area contributed by atoms with Crippen LogP contribution in [-0.2, 0) is 4.74 Å². The number of benzene rings is 1. The van der Waals surface area contributed by atoms with Gasteiger partial charge >= 0.3 is 0 Å². The minimum absolute atomic E-state index is 0.266. The molecule has 0 saturated carbocycles. The van der Waals surface area contributed by atoms with Gasteiger partial charge in [-0.25, -0.2) is 8.78 Å². The van der Waals surface area contributed by atoms with E-state index in [-0.39, 0.29) is 5.56 Å². The Hall–Kier alpha value is -0.960. The molecule has 0 fully saturated rings. The summed E-state index contributed by atoms with van der Waals surface area (Å²) in [6, 6.07) is 4.10. The molecule has 0 aromatic heterocycles. The van der Waals surface area contributed by atoms with Crippen molar-refractivity contribution in [2.75, 3.05) is 6.61 Å². The standard InChI is InChI=1S/C10H12F2O/c1-3-13-7(2)8-5-4-6-9(11)10(8)12/h4-7H,3H2,1-2H3. The number of rotatable bonds is 3. The Morgan fingerprint density at radius 3 is 2.69 bits per heavy atom. The van der Waals surface area contributed by atoms with E-state index >= 15 is 0 Å². The van der Waals surface area contributed by atoms with Crippen LogP contribution < -0.4 is 0 Å². The quantitative estimate of drug-likeness (QED) is 0.704. The third-order valence-corrected chi connectivity index (χ3v) is 1.84. The first-order valence-electron chi connectivity index (χ1n) is 4.22. The van der Waals surface area contributed by atoms with E-state index in [9.17, 15) is 8.78 Å². The molecule has 1 aromatic carbocycles. The van der Waals surface area contributed by atoms with E-state index in [0.29, 0.717) is 6.61 Å². The van der Waals surface area contributed by atoms with Crippen molar-refractivity contribution in [3.05, 3.63) is 35.4 Å². The van der Waals surface area contributed by atoms with Crippen molar-refractivity contribution in [1.29, 1.82) is 0 Å². The minimum Gasteiger partial charge on any atom is -0.374 e. The fourth-order valence-electron chi connectivity index (χ4n) is 1.17. The lowest BCUT2D eigenvalue weighted by Gasteiger charge is -2.12. The summed E-state index contributed by atoms with van der Waals surface area (Å²) in [5, 5.41) is 0. The van der Waals surface area contributed by atoms with Gasteiger partial charge in [-0.2, -0.15) is 0 Å². The molecule has 1 rings (SSSR count). The lowest BCUT2D eigenvalue weighted by atomic mass is 10.1. The molecule has 1 atom stereocenters. The van der Waals surface area contributed by atoms with Crippen LogP contribution in [0.15, 0.2) is 18.2 Å². The number of hydrogen-bond acceptors (Lipinski definition) is 1. The Morgan fingerprint density at radius 1 is 1.38 bits per heavy atom. The number of ether oxygens (including phenoxy) is 1. The lowest BCUT2D eigenvalue weighted by molar-refractivity contribution is 0.0732. The van der Waals surface area contributed by atoms with Gasteiger partial charge in [0.25, 0.3) is 0 Å². The third kappa shape index (κ3) is 2.25. The second kappa shape index (κ2) is 4.33. The Bertz CT molecular complexity index is 286. The van der Waals surface area contributed by atoms with Gasteiger partial charge in [-0.1, -0.05) is 12.1 Å². The van der Waals surface area contributed by atoms with Gasteiger partial charge in [-0.3, -0.25) is 0 Å². The smallest absolute Gasteiger partial charge is 0.164 e. The van der Waals surface area contributed by atoms with Crippen LogP contribution in [0, 0.1) is 11.6 Å². The second-order valence-electron chi connectivity index (χ2n) is 2.74. The zero-order chi connectivity index (χ0) is 9.84. The topological polar surface area (TPSA) is 9.23 Å². The van der Waals surface area contributed by atoms with Crippen LogP contribution in [0.1, 0.15) is 25.5 Å². The number of halogens is 2. The average molecular weight is 186 g/mol. The highest BCUT2D eigenvalue weighted by atomic mass is 19.2. The van der Waals surface area contributed by atoms with Crippen LogP contribution in [0.25, 0.3) is 0 Å². The summed E-state index contributed by atoms with van der Waals surface area (Å²) >= 11 is 0. The molecule has 1 nitrogen and oxygen atoms in total. The van der Waals surface area contributed by atoms with Crippen LogP contribution in [0.5, 0.6) is 0 Å². The Balaban J connectivity index is 2.93. The number of hydrogen-bond donors (Lipinski definition) is 0. The van der Waals surface area contributed by atoms with Crippen molar-refractivity contribution in [1.82, 2.24) is 0 Å². The first-order valence-corrected chi connectivity index (χ1v) is 4.22. The lowest BCUT2D eigenvalue weighted by Crippen LogP contribution is -2.03. The van der Waals surface area contributed by atoms with Gasteiger partial charge in [0.05, 0.1) is 6.10 Å². The van der Waals surface area contributed by atoms with E-state index in [0.717, 1.165) is 6.07 Å². The Morgan fingerprint density at radius 2 is 2.08 bits per heavy atom. The molecule has 1 unspecified atom stereocenters. The molecule has 0 N–H and O–H groups in total. The van der Waals surface area contributed by atoms with Crippen molar-refractivity contribution in [2.45, 2.75) is 20.0 Å². The first-order chi connectivity index (χ1) is 6.16. The maximum absolute atomic E-state index is 13.1. The molecule has 0 aliphatic rings. The van der Waals surface area contributed by atoms with Gasteiger partial charge in [0.15, 0.2) is 11.6 Å². The fourth-order valence-corrected chi connectivity index (χ4v) is 1.17. The van der Waals surface area contributed by atoms with Gasteiger partial charge in [0.1, 0.15) is 0 Å². The van der Waals surface area contributed by atoms with E-state index in [4.69, 9.17) is 4.74 Å². The zero-order valence-electron chi connectivity index (χ0n) is 7.68. The van der Waals surface area contributed by atoms with E-state index in [1.165, 1.54) is 12.1 Å². The molecule has 72 valence electrons. The molecule has 0 spiro atoms.